The lowest BCUT2D eigenvalue weighted by Crippen LogP contribution is -2.52. The van der Waals surface area contributed by atoms with Crippen molar-refractivity contribution in [2.75, 3.05) is 49.1 Å². The molecule has 3 aromatic carbocycles. The Kier molecular flexibility index (Phi) is 5.69. The Balaban J connectivity index is 1.29. The Morgan fingerprint density at radius 1 is 0.844 bits per heavy atom. The third-order valence-electron chi connectivity index (χ3n) is 6.38. The first-order valence-electron chi connectivity index (χ1n) is 11.2. The number of piperazine rings is 1. The third kappa shape index (κ3) is 4.14. The summed E-state index contributed by atoms with van der Waals surface area (Å²) in [5, 5.41) is 13.0. The van der Waals surface area contributed by atoms with Crippen molar-refractivity contribution in [1.82, 2.24) is 10.2 Å². The zero-order valence-electron chi connectivity index (χ0n) is 18.0. The second-order valence-electron chi connectivity index (χ2n) is 8.35. The van der Waals surface area contributed by atoms with Gasteiger partial charge < -0.3 is 20.2 Å². The fourth-order valence-corrected chi connectivity index (χ4v) is 4.65. The summed E-state index contributed by atoms with van der Waals surface area (Å²) in [4.78, 5) is 19.8. The molecule has 1 fully saturated rings. The number of carbonyl (C=O) groups excluding carboxylic acids is 1. The summed E-state index contributed by atoms with van der Waals surface area (Å²) in [7, 11) is 0. The molecule has 3 aromatic rings. The van der Waals surface area contributed by atoms with Gasteiger partial charge in [0, 0.05) is 51.0 Å². The van der Waals surface area contributed by atoms with Crippen molar-refractivity contribution < 1.29 is 9.90 Å². The van der Waals surface area contributed by atoms with Gasteiger partial charge in [-0.1, -0.05) is 48.5 Å². The molecule has 1 unspecified atom stereocenters. The summed E-state index contributed by atoms with van der Waals surface area (Å²) in [5.41, 5.74) is 3.88. The summed E-state index contributed by atoms with van der Waals surface area (Å²) in [6.07, 6.45) is -0.174. The molecule has 0 saturated carbocycles. The first-order valence-corrected chi connectivity index (χ1v) is 11.2. The molecule has 0 aromatic heterocycles. The van der Waals surface area contributed by atoms with Crippen molar-refractivity contribution >= 4 is 17.3 Å². The predicted octanol–water partition coefficient (Wildman–Crippen LogP) is 3.46. The zero-order chi connectivity index (χ0) is 21.9. The topological polar surface area (TPSA) is 59.1 Å². The molecule has 0 bridgehead atoms. The molecular formula is C26H28N4O2. The van der Waals surface area contributed by atoms with Gasteiger partial charge in [-0.2, -0.15) is 0 Å². The number of nitrogens with zero attached hydrogens (tertiary/aromatic N) is 3. The largest absolute Gasteiger partial charge is 0.508 e. The van der Waals surface area contributed by atoms with E-state index in [1.807, 2.05) is 60.7 Å². The van der Waals surface area contributed by atoms with Gasteiger partial charge in [0.2, 0.25) is 0 Å². The van der Waals surface area contributed by atoms with Gasteiger partial charge in [-0.25, -0.2) is 0 Å². The molecule has 6 nitrogen and oxygen atoms in total. The lowest BCUT2D eigenvalue weighted by Gasteiger charge is -2.41. The molecule has 0 spiro atoms. The molecule has 2 aliphatic rings. The van der Waals surface area contributed by atoms with E-state index in [9.17, 15) is 9.90 Å². The summed E-state index contributed by atoms with van der Waals surface area (Å²) < 4.78 is 0. The van der Waals surface area contributed by atoms with Crippen LogP contribution in [0.15, 0.2) is 78.9 Å². The highest BCUT2D eigenvalue weighted by atomic mass is 16.3. The summed E-state index contributed by atoms with van der Waals surface area (Å²) in [6.45, 7) is 5.53. The van der Waals surface area contributed by atoms with E-state index in [0.29, 0.717) is 5.75 Å². The van der Waals surface area contributed by atoms with E-state index < -0.39 is 0 Å². The van der Waals surface area contributed by atoms with E-state index in [4.69, 9.17) is 0 Å². The number of nitrogens with one attached hydrogen (secondary N) is 1. The minimum Gasteiger partial charge on any atom is -0.508 e. The smallest absolute Gasteiger partial charge is 0.255 e. The summed E-state index contributed by atoms with van der Waals surface area (Å²) >= 11 is 0. The van der Waals surface area contributed by atoms with Crippen LogP contribution in [0.1, 0.15) is 22.1 Å². The Morgan fingerprint density at radius 2 is 1.59 bits per heavy atom. The number of anilines is 2. The Bertz CT molecular complexity index is 1080. The van der Waals surface area contributed by atoms with Gasteiger partial charge in [0.1, 0.15) is 11.9 Å². The number of para-hydroxylation sites is 1. The van der Waals surface area contributed by atoms with Gasteiger partial charge in [-0.05, 0) is 29.8 Å². The predicted molar refractivity (Wildman–Crippen MR) is 127 cm³/mol. The molecule has 2 N–H and O–H groups in total. The molecule has 164 valence electrons. The van der Waals surface area contributed by atoms with E-state index in [2.05, 4.69) is 32.1 Å². The van der Waals surface area contributed by atoms with Crippen LogP contribution >= 0.6 is 0 Å². The van der Waals surface area contributed by atoms with E-state index in [1.54, 1.807) is 6.07 Å². The van der Waals surface area contributed by atoms with Gasteiger partial charge >= 0.3 is 0 Å². The molecule has 1 amide bonds. The van der Waals surface area contributed by atoms with E-state index >= 15 is 0 Å². The fourth-order valence-electron chi connectivity index (χ4n) is 4.65. The Labute approximate surface area is 188 Å². The van der Waals surface area contributed by atoms with Crippen LogP contribution in [0.2, 0.25) is 0 Å². The van der Waals surface area contributed by atoms with Crippen LogP contribution in [0.3, 0.4) is 0 Å². The highest BCUT2D eigenvalue weighted by molar-refractivity contribution is 6.02. The number of hydrogen-bond donors (Lipinski definition) is 2. The molecule has 2 heterocycles. The van der Waals surface area contributed by atoms with Gasteiger partial charge in [-0.15, -0.1) is 0 Å². The number of hydrogen-bond acceptors (Lipinski definition) is 5. The maximum atomic E-state index is 12.7. The zero-order valence-corrected chi connectivity index (χ0v) is 18.0. The number of aromatic hydroxyl groups is 1. The van der Waals surface area contributed by atoms with Crippen molar-refractivity contribution in [1.29, 1.82) is 0 Å². The number of phenols is 1. The molecule has 0 aliphatic carbocycles. The van der Waals surface area contributed by atoms with E-state index in [1.165, 1.54) is 0 Å². The number of benzene rings is 3. The van der Waals surface area contributed by atoms with Crippen molar-refractivity contribution in [3.8, 4) is 5.75 Å². The quantitative estimate of drug-likeness (QED) is 0.652. The third-order valence-corrected chi connectivity index (χ3v) is 6.38. The normalized spacial score (nSPS) is 18.9. The van der Waals surface area contributed by atoms with E-state index in [-0.39, 0.29) is 12.1 Å². The minimum atomic E-state index is -0.174. The maximum Gasteiger partial charge on any atom is 0.255 e. The number of carbonyl (C=O) groups is 1. The van der Waals surface area contributed by atoms with Crippen LogP contribution in [-0.4, -0.2) is 55.2 Å². The number of rotatable bonds is 5. The van der Waals surface area contributed by atoms with Crippen LogP contribution in [0.25, 0.3) is 0 Å². The van der Waals surface area contributed by atoms with Gasteiger partial charge in [0.05, 0.1) is 11.3 Å². The number of amides is 1. The van der Waals surface area contributed by atoms with Gasteiger partial charge in [0.25, 0.3) is 5.91 Å². The molecule has 6 heteroatoms. The number of phenolic OH excluding ortho intramolecular Hbond substituents is 1. The monoisotopic (exact) mass is 428 g/mol. The molecule has 2 aliphatic heterocycles. The molecule has 32 heavy (non-hydrogen) atoms. The van der Waals surface area contributed by atoms with Gasteiger partial charge in [-0.3, -0.25) is 9.69 Å². The first kappa shape index (κ1) is 20.4. The van der Waals surface area contributed by atoms with Gasteiger partial charge in [0.15, 0.2) is 0 Å². The Morgan fingerprint density at radius 3 is 2.38 bits per heavy atom. The Hall–Kier alpha value is -3.51. The average molecular weight is 429 g/mol. The molecule has 1 saturated heterocycles. The lowest BCUT2D eigenvalue weighted by atomic mass is 10.0. The SMILES string of the molecule is O=C1NC(c2ccccc2)N(CCN2CCN(c3cccc(O)c3)CC2)c2ccccc21. The van der Waals surface area contributed by atoms with Crippen molar-refractivity contribution in [3.05, 3.63) is 90.0 Å². The van der Waals surface area contributed by atoms with Crippen LogP contribution in [0.5, 0.6) is 5.75 Å². The maximum absolute atomic E-state index is 12.7. The second-order valence-corrected chi connectivity index (χ2v) is 8.35. The summed E-state index contributed by atoms with van der Waals surface area (Å²) in [5.74, 6) is 0.285. The van der Waals surface area contributed by atoms with Crippen LogP contribution < -0.4 is 15.1 Å². The van der Waals surface area contributed by atoms with Crippen molar-refractivity contribution in [2.45, 2.75) is 6.17 Å². The van der Waals surface area contributed by atoms with Crippen molar-refractivity contribution in [3.63, 3.8) is 0 Å². The second kappa shape index (κ2) is 8.93. The highest BCUT2D eigenvalue weighted by Gasteiger charge is 2.31. The first-order chi connectivity index (χ1) is 15.7. The fraction of sp³-hybridized carbons (Fsp3) is 0.269. The van der Waals surface area contributed by atoms with Crippen LogP contribution in [0, 0.1) is 0 Å². The van der Waals surface area contributed by atoms with Crippen LogP contribution in [-0.2, 0) is 0 Å². The molecule has 1 atom stereocenters. The lowest BCUT2D eigenvalue weighted by molar-refractivity contribution is 0.0925. The molecule has 5 rings (SSSR count). The van der Waals surface area contributed by atoms with Crippen molar-refractivity contribution in [2.24, 2.45) is 0 Å². The van der Waals surface area contributed by atoms with Crippen LogP contribution in [0.4, 0.5) is 11.4 Å². The van der Waals surface area contributed by atoms with E-state index in [0.717, 1.165) is 61.8 Å². The standard InChI is InChI=1S/C26H28N4O2/c31-22-10-6-9-21(19-22)29-16-13-28(14-17-29)15-18-30-24-12-5-4-11-23(24)26(32)27-25(30)20-7-2-1-3-8-20/h1-12,19,25,31H,13-18H2,(H,27,32). The highest BCUT2D eigenvalue weighted by Crippen LogP contribution is 2.33. The average Bonchev–Trinajstić information content (AvgIpc) is 2.84. The molecular weight excluding hydrogens is 400 g/mol. The summed E-state index contributed by atoms with van der Waals surface area (Å²) in [6, 6.07) is 25.5. The minimum absolute atomic E-state index is 0.0227. The molecule has 0 radical (unpaired) electrons. The number of fused-ring (bicyclic) bond motifs is 1.